The van der Waals surface area contributed by atoms with Gasteiger partial charge >= 0.3 is 0 Å². The van der Waals surface area contributed by atoms with Crippen molar-refractivity contribution >= 4 is 23.2 Å². The molecule has 14 heavy (non-hydrogen) atoms. The van der Waals surface area contributed by atoms with E-state index in [1.807, 2.05) is 0 Å². The van der Waals surface area contributed by atoms with Gasteiger partial charge in [0.2, 0.25) is 0 Å². The van der Waals surface area contributed by atoms with Gasteiger partial charge in [-0.05, 0) is 24.3 Å². The highest BCUT2D eigenvalue weighted by atomic mass is 35.5. The minimum Gasteiger partial charge on any atom is -0.356 e. The van der Waals surface area contributed by atoms with Gasteiger partial charge in [0.25, 0.3) is 0 Å². The molecular weight excluding hydrogens is 223 g/mol. The van der Waals surface area contributed by atoms with Gasteiger partial charge in [0.05, 0.1) is 17.4 Å². The van der Waals surface area contributed by atoms with Gasteiger partial charge in [0, 0.05) is 5.02 Å². The normalized spacial score (nSPS) is 10.1. The Hall–Kier alpha value is -1.19. The van der Waals surface area contributed by atoms with E-state index in [0.29, 0.717) is 15.8 Å². The molecule has 0 spiro atoms. The fraction of sp³-hybridized carbons (Fsp3) is 0. The molecule has 0 atom stereocenters. The standard InChI is InChI=1S/C9H6Cl2N2O/c10-7-2-3-9(8(11)6-7)14-13-5-1-4-12-13/h1-6H. The van der Waals surface area contributed by atoms with E-state index in [-0.39, 0.29) is 0 Å². The molecule has 1 aromatic heterocycles. The third kappa shape index (κ3) is 2.00. The lowest BCUT2D eigenvalue weighted by Gasteiger charge is -2.05. The molecule has 0 saturated heterocycles. The topological polar surface area (TPSA) is 27.1 Å². The average Bonchev–Trinajstić information content (AvgIpc) is 2.62. The number of hydrogen-bond acceptors (Lipinski definition) is 2. The third-order valence-corrected chi connectivity index (χ3v) is 2.10. The molecule has 1 heterocycles. The summed E-state index contributed by atoms with van der Waals surface area (Å²) in [6, 6.07) is 6.75. The minimum absolute atomic E-state index is 0.452. The zero-order valence-electron chi connectivity index (χ0n) is 7.02. The summed E-state index contributed by atoms with van der Waals surface area (Å²) in [6.07, 6.45) is 3.29. The van der Waals surface area contributed by atoms with Crippen LogP contribution < -0.4 is 4.84 Å². The maximum atomic E-state index is 5.90. The molecule has 0 aliphatic carbocycles. The second-order valence-electron chi connectivity index (χ2n) is 2.57. The molecule has 0 radical (unpaired) electrons. The molecule has 0 aliphatic heterocycles. The van der Waals surface area contributed by atoms with Gasteiger partial charge in [-0.3, -0.25) is 0 Å². The van der Waals surface area contributed by atoms with E-state index in [1.54, 1.807) is 36.7 Å². The Bertz CT molecular complexity index is 428. The number of rotatable bonds is 2. The average molecular weight is 229 g/mol. The van der Waals surface area contributed by atoms with Crippen molar-refractivity contribution < 1.29 is 4.84 Å². The molecule has 0 aliphatic rings. The quantitative estimate of drug-likeness (QED) is 0.791. The molecule has 0 bridgehead atoms. The van der Waals surface area contributed by atoms with Crippen LogP contribution in [0.25, 0.3) is 0 Å². The lowest BCUT2D eigenvalue weighted by molar-refractivity contribution is 0.179. The van der Waals surface area contributed by atoms with Crippen LogP contribution >= 0.6 is 23.2 Å². The first-order valence-corrected chi connectivity index (χ1v) is 4.64. The van der Waals surface area contributed by atoms with Crippen molar-refractivity contribution in [3.05, 3.63) is 46.7 Å². The van der Waals surface area contributed by atoms with Gasteiger partial charge in [0.1, 0.15) is 0 Å². The molecule has 1 aromatic carbocycles. The van der Waals surface area contributed by atoms with E-state index in [9.17, 15) is 0 Å². The van der Waals surface area contributed by atoms with Crippen molar-refractivity contribution in [2.75, 3.05) is 0 Å². The van der Waals surface area contributed by atoms with Crippen LogP contribution in [0.5, 0.6) is 5.75 Å². The Morgan fingerprint density at radius 3 is 2.79 bits per heavy atom. The predicted octanol–water partition coefficient (Wildman–Crippen LogP) is 3.03. The van der Waals surface area contributed by atoms with E-state index >= 15 is 0 Å². The van der Waals surface area contributed by atoms with Crippen LogP contribution in [-0.4, -0.2) is 9.94 Å². The van der Waals surface area contributed by atoms with Crippen LogP contribution in [0.15, 0.2) is 36.7 Å². The lowest BCUT2D eigenvalue weighted by atomic mass is 10.3. The van der Waals surface area contributed by atoms with Crippen LogP contribution in [-0.2, 0) is 0 Å². The molecule has 0 amide bonds. The second-order valence-corrected chi connectivity index (χ2v) is 3.42. The second kappa shape index (κ2) is 3.90. The number of hydrogen-bond donors (Lipinski definition) is 0. The maximum Gasteiger partial charge on any atom is 0.176 e. The van der Waals surface area contributed by atoms with E-state index in [2.05, 4.69) is 5.10 Å². The van der Waals surface area contributed by atoms with Crippen molar-refractivity contribution in [2.24, 2.45) is 0 Å². The molecule has 2 rings (SSSR count). The van der Waals surface area contributed by atoms with Gasteiger partial charge in [-0.1, -0.05) is 23.2 Å². The molecule has 2 aromatic rings. The van der Waals surface area contributed by atoms with Crippen LogP contribution in [0.1, 0.15) is 0 Å². The Kier molecular flexibility index (Phi) is 2.61. The molecule has 3 nitrogen and oxygen atoms in total. The molecule has 0 N–H and O–H groups in total. The summed E-state index contributed by atoms with van der Waals surface area (Å²) in [5, 5.41) is 4.90. The molecular formula is C9H6Cl2N2O. The maximum absolute atomic E-state index is 5.90. The summed E-state index contributed by atoms with van der Waals surface area (Å²) >= 11 is 11.6. The van der Waals surface area contributed by atoms with Crippen molar-refractivity contribution in [1.29, 1.82) is 0 Å². The lowest BCUT2D eigenvalue weighted by Crippen LogP contribution is -2.05. The molecule has 0 saturated carbocycles. The van der Waals surface area contributed by atoms with E-state index in [0.717, 1.165) is 0 Å². The summed E-state index contributed by atoms with van der Waals surface area (Å²) in [7, 11) is 0. The predicted molar refractivity (Wildman–Crippen MR) is 54.7 cm³/mol. The van der Waals surface area contributed by atoms with E-state index in [4.69, 9.17) is 28.0 Å². The minimum atomic E-state index is 0.452. The molecule has 0 unspecified atom stereocenters. The van der Waals surface area contributed by atoms with Crippen LogP contribution in [0.3, 0.4) is 0 Å². The number of nitrogens with zero attached hydrogens (tertiary/aromatic N) is 2. The number of benzene rings is 1. The Balaban J connectivity index is 2.25. The Morgan fingerprint density at radius 2 is 2.14 bits per heavy atom. The smallest absolute Gasteiger partial charge is 0.176 e. The summed E-state index contributed by atoms with van der Waals surface area (Å²) in [5.74, 6) is 0.514. The van der Waals surface area contributed by atoms with Crippen molar-refractivity contribution in [3.8, 4) is 5.75 Å². The van der Waals surface area contributed by atoms with Crippen molar-refractivity contribution in [3.63, 3.8) is 0 Å². The van der Waals surface area contributed by atoms with E-state index in [1.165, 1.54) is 4.85 Å². The van der Waals surface area contributed by atoms with Gasteiger partial charge in [-0.15, -0.1) is 9.94 Å². The number of aromatic nitrogens is 2. The van der Waals surface area contributed by atoms with Gasteiger partial charge < -0.3 is 4.84 Å². The fourth-order valence-electron chi connectivity index (χ4n) is 0.959. The van der Waals surface area contributed by atoms with Crippen LogP contribution in [0.4, 0.5) is 0 Å². The zero-order valence-corrected chi connectivity index (χ0v) is 8.53. The first-order valence-electron chi connectivity index (χ1n) is 3.89. The summed E-state index contributed by atoms with van der Waals surface area (Å²) < 4.78 is 0. The highest BCUT2D eigenvalue weighted by Gasteiger charge is 2.03. The summed E-state index contributed by atoms with van der Waals surface area (Å²) in [6.45, 7) is 0. The summed E-state index contributed by atoms with van der Waals surface area (Å²) in [5.41, 5.74) is 0. The molecule has 5 heteroatoms. The van der Waals surface area contributed by atoms with Gasteiger partial charge in [-0.25, -0.2) is 0 Å². The third-order valence-electron chi connectivity index (χ3n) is 1.57. The first-order chi connectivity index (χ1) is 6.75. The Morgan fingerprint density at radius 1 is 1.29 bits per heavy atom. The highest BCUT2D eigenvalue weighted by Crippen LogP contribution is 2.27. The van der Waals surface area contributed by atoms with E-state index < -0.39 is 0 Å². The number of halogens is 2. The Labute approximate surface area is 90.8 Å². The van der Waals surface area contributed by atoms with Crippen molar-refractivity contribution in [1.82, 2.24) is 9.94 Å². The van der Waals surface area contributed by atoms with Crippen LogP contribution in [0.2, 0.25) is 10.0 Å². The first kappa shape index (κ1) is 9.37. The monoisotopic (exact) mass is 228 g/mol. The van der Waals surface area contributed by atoms with Crippen molar-refractivity contribution in [2.45, 2.75) is 0 Å². The van der Waals surface area contributed by atoms with Crippen LogP contribution in [0, 0.1) is 0 Å². The SMILES string of the molecule is Clc1ccc(On2cccn2)c(Cl)c1. The molecule has 0 fully saturated rings. The largest absolute Gasteiger partial charge is 0.356 e. The highest BCUT2D eigenvalue weighted by molar-refractivity contribution is 6.35. The molecule has 72 valence electrons. The van der Waals surface area contributed by atoms with Gasteiger partial charge in [0.15, 0.2) is 5.75 Å². The van der Waals surface area contributed by atoms with Gasteiger partial charge in [-0.2, -0.15) is 0 Å². The summed E-state index contributed by atoms with van der Waals surface area (Å²) in [4.78, 5) is 6.63. The fourth-order valence-corrected chi connectivity index (χ4v) is 1.40. The zero-order chi connectivity index (χ0) is 9.97.